The molecule has 1 aromatic rings. The number of carbonyl (C=O) groups excluding carboxylic acids is 1. The van der Waals surface area contributed by atoms with Crippen molar-refractivity contribution >= 4 is 29.3 Å². The zero-order valence-corrected chi connectivity index (χ0v) is 12.2. The van der Waals surface area contributed by atoms with E-state index in [4.69, 9.17) is 16.4 Å². The highest BCUT2D eigenvalue weighted by molar-refractivity contribution is 7.99. The van der Waals surface area contributed by atoms with Crippen molar-refractivity contribution in [1.82, 2.24) is 5.48 Å². The van der Waals surface area contributed by atoms with Crippen molar-refractivity contribution in [2.24, 2.45) is 5.92 Å². The van der Waals surface area contributed by atoms with E-state index in [2.05, 4.69) is 5.48 Å². The molecule has 0 heterocycles. The minimum absolute atomic E-state index is 0.109. The molecule has 0 spiro atoms. The average Bonchev–Trinajstić information content (AvgIpc) is 2.28. The molecule has 1 rings (SSSR count). The molecular formula is C13H18ClNO2S. The van der Waals surface area contributed by atoms with Crippen molar-refractivity contribution in [3.05, 3.63) is 34.9 Å². The van der Waals surface area contributed by atoms with E-state index in [1.807, 2.05) is 38.1 Å². The van der Waals surface area contributed by atoms with Crippen LogP contribution in [-0.4, -0.2) is 18.3 Å². The molecule has 3 nitrogen and oxygen atoms in total. The van der Waals surface area contributed by atoms with Crippen LogP contribution in [0.4, 0.5) is 0 Å². The maximum Gasteiger partial charge on any atom is 0.253 e. The Morgan fingerprint density at radius 2 is 2.28 bits per heavy atom. The number of hydroxylamine groups is 1. The van der Waals surface area contributed by atoms with Gasteiger partial charge in [-0.2, -0.15) is 0 Å². The van der Waals surface area contributed by atoms with Gasteiger partial charge in [-0.3, -0.25) is 9.63 Å². The molecule has 0 bridgehead atoms. The van der Waals surface area contributed by atoms with E-state index < -0.39 is 0 Å². The van der Waals surface area contributed by atoms with Crippen LogP contribution in [0.3, 0.4) is 0 Å². The van der Waals surface area contributed by atoms with Gasteiger partial charge >= 0.3 is 0 Å². The Balaban J connectivity index is 2.15. The van der Waals surface area contributed by atoms with E-state index in [0.29, 0.717) is 18.3 Å². The van der Waals surface area contributed by atoms with Gasteiger partial charge in [-0.05, 0) is 23.6 Å². The maximum absolute atomic E-state index is 11.4. The molecule has 0 aliphatic carbocycles. The van der Waals surface area contributed by atoms with Gasteiger partial charge in [-0.25, -0.2) is 5.48 Å². The number of carbonyl (C=O) groups is 1. The number of benzene rings is 1. The number of halogens is 1. The second-order valence-electron chi connectivity index (χ2n) is 4.35. The standard InChI is InChI=1S/C13H18ClNO2S/c1-10(2)7-17-15-13(16)9-18-8-11-4-3-5-12(14)6-11/h3-6,10H,7-9H2,1-2H3,(H,15,16). The van der Waals surface area contributed by atoms with Crippen LogP contribution in [0.2, 0.25) is 5.02 Å². The van der Waals surface area contributed by atoms with Gasteiger partial charge in [0.25, 0.3) is 5.91 Å². The lowest BCUT2D eigenvalue weighted by Gasteiger charge is -2.07. The number of rotatable bonds is 7. The molecule has 1 N–H and O–H groups in total. The number of amides is 1. The Morgan fingerprint density at radius 3 is 2.94 bits per heavy atom. The largest absolute Gasteiger partial charge is 0.273 e. The highest BCUT2D eigenvalue weighted by Crippen LogP contribution is 2.16. The topological polar surface area (TPSA) is 38.3 Å². The number of hydrogen-bond acceptors (Lipinski definition) is 3. The monoisotopic (exact) mass is 287 g/mol. The first kappa shape index (κ1) is 15.3. The molecule has 0 atom stereocenters. The smallest absolute Gasteiger partial charge is 0.253 e. The van der Waals surface area contributed by atoms with Gasteiger partial charge in [-0.1, -0.05) is 37.6 Å². The zero-order chi connectivity index (χ0) is 13.4. The SMILES string of the molecule is CC(C)CONC(=O)CSCc1cccc(Cl)c1. The average molecular weight is 288 g/mol. The molecule has 0 fully saturated rings. The molecule has 0 aliphatic heterocycles. The summed E-state index contributed by atoms with van der Waals surface area (Å²) in [6.45, 7) is 4.59. The Kier molecular flexibility index (Phi) is 7.16. The maximum atomic E-state index is 11.4. The van der Waals surface area contributed by atoms with E-state index in [9.17, 15) is 4.79 Å². The summed E-state index contributed by atoms with van der Waals surface area (Å²) in [5.74, 6) is 1.44. The minimum Gasteiger partial charge on any atom is -0.273 e. The molecule has 1 aromatic carbocycles. The molecule has 100 valence electrons. The summed E-state index contributed by atoms with van der Waals surface area (Å²) in [6, 6.07) is 7.64. The van der Waals surface area contributed by atoms with Crippen LogP contribution in [0.5, 0.6) is 0 Å². The fourth-order valence-electron chi connectivity index (χ4n) is 1.21. The van der Waals surface area contributed by atoms with Crippen molar-refractivity contribution in [2.45, 2.75) is 19.6 Å². The van der Waals surface area contributed by atoms with Gasteiger partial charge in [0.1, 0.15) is 0 Å². The first-order valence-corrected chi connectivity index (χ1v) is 7.34. The second-order valence-corrected chi connectivity index (χ2v) is 5.77. The molecule has 0 saturated carbocycles. The highest BCUT2D eigenvalue weighted by Gasteiger charge is 2.03. The summed E-state index contributed by atoms with van der Waals surface area (Å²) in [7, 11) is 0. The van der Waals surface area contributed by atoms with E-state index in [-0.39, 0.29) is 5.91 Å². The fourth-order valence-corrected chi connectivity index (χ4v) is 2.18. The predicted molar refractivity (Wildman–Crippen MR) is 76.5 cm³/mol. The summed E-state index contributed by atoms with van der Waals surface area (Å²) >= 11 is 7.41. The van der Waals surface area contributed by atoms with Gasteiger partial charge in [0.2, 0.25) is 0 Å². The Labute approximate surface area is 117 Å². The summed E-state index contributed by atoms with van der Waals surface area (Å²) in [6.07, 6.45) is 0. The van der Waals surface area contributed by atoms with Crippen LogP contribution in [0.15, 0.2) is 24.3 Å². The quantitative estimate of drug-likeness (QED) is 0.782. The fraction of sp³-hybridized carbons (Fsp3) is 0.462. The van der Waals surface area contributed by atoms with E-state index in [1.54, 1.807) is 0 Å². The molecule has 1 amide bonds. The molecule has 18 heavy (non-hydrogen) atoms. The lowest BCUT2D eigenvalue weighted by molar-refractivity contribution is -0.131. The summed E-state index contributed by atoms with van der Waals surface area (Å²) in [5, 5.41) is 0.720. The van der Waals surface area contributed by atoms with Crippen molar-refractivity contribution < 1.29 is 9.63 Å². The molecule has 5 heteroatoms. The Bertz CT molecular complexity index is 385. The van der Waals surface area contributed by atoms with Crippen molar-refractivity contribution in [3.8, 4) is 0 Å². The summed E-state index contributed by atoms with van der Waals surface area (Å²) < 4.78 is 0. The van der Waals surface area contributed by atoms with Crippen LogP contribution in [0.25, 0.3) is 0 Å². The third-order valence-electron chi connectivity index (χ3n) is 1.99. The van der Waals surface area contributed by atoms with Crippen molar-refractivity contribution in [2.75, 3.05) is 12.4 Å². The van der Waals surface area contributed by atoms with Crippen LogP contribution in [0.1, 0.15) is 19.4 Å². The predicted octanol–water partition coefficient (Wildman–Crippen LogP) is 3.28. The van der Waals surface area contributed by atoms with E-state index in [1.165, 1.54) is 11.8 Å². The molecule has 0 saturated heterocycles. The number of hydrogen-bond donors (Lipinski definition) is 1. The zero-order valence-electron chi connectivity index (χ0n) is 10.6. The lowest BCUT2D eigenvalue weighted by Crippen LogP contribution is -2.27. The van der Waals surface area contributed by atoms with Gasteiger partial charge in [-0.15, -0.1) is 11.8 Å². The summed E-state index contributed by atoms with van der Waals surface area (Å²) in [5.41, 5.74) is 3.54. The van der Waals surface area contributed by atoms with E-state index in [0.717, 1.165) is 16.3 Å². The first-order chi connectivity index (χ1) is 8.58. The third kappa shape index (κ3) is 6.89. The van der Waals surface area contributed by atoms with Crippen molar-refractivity contribution in [3.63, 3.8) is 0 Å². The molecule has 0 aliphatic rings. The lowest BCUT2D eigenvalue weighted by atomic mass is 10.2. The number of nitrogens with one attached hydrogen (secondary N) is 1. The molecule has 0 aromatic heterocycles. The summed E-state index contributed by atoms with van der Waals surface area (Å²) in [4.78, 5) is 16.4. The second kappa shape index (κ2) is 8.40. The molecule has 0 radical (unpaired) electrons. The van der Waals surface area contributed by atoms with Gasteiger partial charge < -0.3 is 0 Å². The normalized spacial score (nSPS) is 10.7. The number of thioether (sulfide) groups is 1. The van der Waals surface area contributed by atoms with Crippen LogP contribution < -0.4 is 5.48 Å². The van der Waals surface area contributed by atoms with Crippen molar-refractivity contribution in [1.29, 1.82) is 0 Å². The molecular weight excluding hydrogens is 270 g/mol. The highest BCUT2D eigenvalue weighted by atomic mass is 35.5. The minimum atomic E-state index is -0.109. The van der Waals surface area contributed by atoms with Gasteiger partial charge in [0, 0.05) is 10.8 Å². The van der Waals surface area contributed by atoms with E-state index >= 15 is 0 Å². The Morgan fingerprint density at radius 1 is 1.50 bits per heavy atom. The third-order valence-corrected chi connectivity index (χ3v) is 3.23. The van der Waals surface area contributed by atoms with Gasteiger partial charge in [0.15, 0.2) is 0 Å². The molecule has 0 unspecified atom stereocenters. The van der Waals surface area contributed by atoms with Crippen LogP contribution in [-0.2, 0) is 15.4 Å². The van der Waals surface area contributed by atoms with Crippen LogP contribution >= 0.6 is 23.4 Å². The first-order valence-electron chi connectivity index (χ1n) is 5.80. The van der Waals surface area contributed by atoms with Crippen LogP contribution in [0, 0.1) is 5.92 Å². The van der Waals surface area contributed by atoms with Gasteiger partial charge in [0.05, 0.1) is 12.4 Å². The Hall–Kier alpha value is -0.710.